The Kier molecular flexibility index (Phi) is 5.21. The van der Waals surface area contributed by atoms with E-state index in [0.717, 1.165) is 5.56 Å². The van der Waals surface area contributed by atoms with Crippen LogP contribution >= 0.6 is 23.2 Å². The summed E-state index contributed by atoms with van der Waals surface area (Å²) < 4.78 is 0. The zero-order chi connectivity index (χ0) is 15.4. The first kappa shape index (κ1) is 15.8. The van der Waals surface area contributed by atoms with E-state index in [1.807, 2.05) is 32.0 Å². The van der Waals surface area contributed by atoms with Crippen LogP contribution in [-0.2, 0) is 6.54 Å². The van der Waals surface area contributed by atoms with E-state index in [0.29, 0.717) is 23.7 Å². The maximum absolute atomic E-state index is 12.6. The zero-order valence-electron chi connectivity index (χ0n) is 11.9. The molecule has 0 aliphatic carbocycles. The second kappa shape index (κ2) is 6.92. The molecule has 2 aromatic rings. The lowest BCUT2D eigenvalue weighted by molar-refractivity contribution is 0.0752. The van der Waals surface area contributed by atoms with Gasteiger partial charge in [0.1, 0.15) is 5.15 Å². The van der Waals surface area contributed by atoms with Crippen LogP contribution in [0.15, 0.2) is 36.5 Å². The largest absolute Gasteiger partial charge is 0.335 e. The summed E-state index contributed by atoms with van der Waals surface area (Å²) in [4.78, 5) is 18.2. The Morgan fingerprint density at radius 1 is 1.29 bits per heavy atom. The van der Waals surface area contributed by atoms with Crippen LogP contribution in [0.3, 0.4) is 0 Å². The summed E-state index contributed by atoms with van der Waals surface area (Å²) in [5.74, 6) is -0.145. The number of rotatable bonds is 4. The van der Waals surface area contributed by atoms with Gasteiger partial charge in [-0.25, -0.2) is 4.98 Å². The van der Waals surface area contributed by atoms with Gasteiger partial charge in [0, 0.05) is 19.3 Å². The van der Waals surface area contributed by atoms with Gasteiger partial charge in [-0.1, -0.05) is 53.0 Å². The summed E-state index contributed by atoms with van der Waals surface area (Å²) in [5, 5.41) is 0.571. The van der Waals surface area contributed by atoms with Crippen molar-refractivity contribution in [1.82, 2.24) is 9.88 Å². The molecular formula is C16H16Cl2N2O. The number of aromatic nitrogens is 1. The Bertz CT molecular complexity index is 658. The molecule has 1 amide bonds. The highest BCUT2D eigenvalue weighted by atomic mass is 35.5. The minimum Gasteiger partial charge on any atom is -0.335 e. The molecule has 1 aromatic heterocycles. The summed E-state index contributed by atoms with van der Waals surface area (Å²) in [7, 11) is 0. The van der Waals surface area contributed by atoms with Gasteiger partial charge in [0.25, 0.3) is 5.91 Å². The van der Waals surface area contributed by atoms with Crippen molar-refractivity contribution in [3.05, 3.63) is 63.4 Å². The number of halogens is 2. The molecule has 0 atom stereocenters. The van der Waals surface area contributed by atoms with E-state index in [2.05, 4.69) is 11.1 Å². The van der Waals surface area contributed by atoms with Gasteiger partial charge < -0.3 is 4.90 Å². The van der Waals surface area contributed by atoms with Crippen molar-refractivity contribution >= 4 is 29.1 Å². The number of pyridine rings is 1. The number of hydrogen-bond acceptors (Lipinski definition) is 2. The molecule has 0 radical (unpaired) electrons. The molecule has 0 saturated carbocycles. The average molecular weight is 323 g/mol. The van der Waals surface area contributed by atoms with Crippen molar-refractivity contribution in [3.63, 3.8) is 0 Å². The third kappa shape index (κ3) is 3.96. The Morgan fingerprint density at radius 3 is 2.71 bits per heavy atom. The third-order valence-corrected chi connectivity index (χ3v) is 3.69. The topological polar surface area (TPSA) is 33.2 Å². The molecule has 1 heterocycles. The van der Waals surface area contributed by atoms with E-state index in [-0.39, 0.29) is 11.1 Å². The number of nitrogens with zero attached hydrogens (tertiary/aromatic N) is 2. The van der Waals surface area contributed by atoms with Crippen LogP contribution < -0.4 is 0 Å². The van der Waals surface area contributed by atoms with Crippen LogP contribution in [0.2, 0.25) is 10.2 Å². The summed E-state index contributed by atoms with van der Waals surface area (Å²) in [5.41, 5.74) is 2.63. The lowest BCUT2D eigenvalue weighted by Gasteiger charge is -2.22. The van der Waals surface area contributed by atoms with Crippen molar-refractivity contribution in [3.8, 4) is 0 Å². The Hall–Kier alpha value is -1.58. The molecule has 110 valence electrons. The first-order valence-corrected chi connectivity index (χ1v) is 7.42. The molecule has 21 heavy (non-hydrogen) atoms. The van der Waals surface area contributed by atoms with Crippen LogP contribution in [-0.4, -0.2) is 22.3 Å². The summed E-state index contributed by atoms with van der Waals surface area (Å²) >= 11 is 11.9. The predicted molar refractivity (Wildman–Crippen MR) is 85.9 cm³/mol. The van der Waals surface area contributed by atoms with Crippen molar-refractivity contribution < 1.29 is 4.79 Å². The van der Waals surface area contributed by atoms with Gasteiger partial charge in [0.05, 0.1) is 10.6 Å². The van der Waals surface area contributed by atoms with Gasteiger partial charge in [-0.2, -0.15) is 0 Å². The highest BCUT2D eigenvalue weighted by molar-refractivity contribution is 6.35. The minimum absolute atomic E-state index is 0.145. The molecule has 0 unspecified atom stereocenters. The van der Waals surface area contributed by atoms with Gasteiger partial charge in [0.2, 0.25) is 0 Å². The second-order valence-electron chi connectivity index (χ2n) is 4.80. The fourth-order valence-electron chi connectivity index (χ4n) is 2.11. The third-order valence-electron chi connectivity index (χ3n) is 3.18. The molecule has 0 aliphatic rings. The van der Waals surface area contributed by atoms with Gasteiger partial charge in [-0.3, -0.25) is 4.79 Å². The molecule has 0 spiro atoms. The predicted octanol–water partition coefficient (Wildman–Crippen LogP) is 4.36. The molecule has 5 heteroatoms. The first-order chi connectivity index (χ1) is 10.0. The Balaban J connectivity index is 2.24. The average Bonchev–Trinajstić information content (AvgIpc) is 2.46. The van der Waals surface area contributed by atoms with Crippen molar-refractivity contribution in [1.29, 1.82) is 0 Å². The molecule has 2 rings (SSSR count). The molecule has 3 nitrogen and oxygen atoms in total. The molecule has 0 N–H and O–H groups in total. The quantitative estimate of drug-likeness (QED) is 0.783. The standard InChI is InChI=1S/C16H16Cl2N2O/c1-3-20(10-12-6-4-5-11(2)7-12)16(21)13-8-15(18)19-9-14(13)17/h4-9H,3,10H2,1-2H3. The SMILES string of the molecule is CCN(Cc1cccc(C)c1)C(=O)c1cc(Cl)ncc1Cl. The maximum Gasteiger partial charge on any atom is 0.255 e. The molecule has 0 saturated heterocycles. The number of benzene rings is 1. The van der Waals surface area contributed by atoms with Gasteiger partial charge in [-0.15, -0.1) is 0 Å². The summed E-state index contributed by atoms with van der Waals surface area (Å²) in [6, 6.07) is 9.59. The van der Waals surface area contributed by atoms with Crippen molar-refractivity contribution in [2.24, 2.45) is 0 Å². The van der Waals surface area contributed by atoms with Crippen molar-refractivity contribution in [2.75, 3.05) is 6.54 Å². The Labute approximate surface area is 134 Å². The van der Waals surface area contributed by atoms with E-state index < -0.39 is 0 Å². The van der Waals surface area contributed by atoms with E-state index in [1.54, 1.807) is 4.90 Å². The molecule has 1 aromatic carbocycles. The molecule has 0 aliphatic heterocycles. The number of amides is 1. The fourth-order valence-corrected chi connectivity index (χ4v) is 2.45. The fraction of sp³-hybridized carbons (Fsp3) is 0.250. The van der Waals surface area contributed by atoms with E-state index >= 15 is 0 Å². The van der Waals surface area contributed by atoms with Crippen LogP contribution in [0.4, 0.5) is 0 Å². The first-order valence-electron chi connectivity index (χ1n) is 6.67. The summed E-state index contributed by atoms with van der Waals surface area (Å²) in [6.45, 7) is 5.09. The van der Waals surface area contributed by atoms with E-state index in [4.69, 9.17) is 23.2 Å². The monoisotopic (exact) mass is 322 g/mol. The van der Waals surface area contributed by atoms with E-state index in [9.17, 15) is 4.79 Å². The number of hydrogen-bond donors (Lipinski definition) is 0. The number of carbonyl (C=O) groups excluding carboxylic acids is 1. The highest BCUT2D eigenvalue weighted by Gasteiger charge is 2.18. The lowest BCUT2D eigenvalue weighted by atomic mass is 10.1. The van der Waals surface area contributed by atoms with Crippen LogP contribution in [0.5, 0.6) is 0 Å². The zero-order valence-corrected chi connectivity index (χ0v) is 13.4. The van der Waals surface area contributed by atoms with Gasteiger partial charge in [-0.05, 0) is 25.5 Å². The van der Waals surface area contributed by atoms with Gasteiger partial charge >= 0.3 is 0 Å². The smallest absolute Gasteiger partial charge is 0.255 e. The normalized spacial score (nSPS) is 10.5. The maximum atomic E-state index is 12.6. The van der Waals surface area contributed by atoms with Crippen molar-refractivity contribution in [2.45, 2.75) is 20.4 Å². The van der Waals surface area contributed by atoms with Crippen LogP contribution in [0, 0.1) is 6.92 Å². The lowest BCUT2D eigenvalue weighted by Crippen LogP contribution is -2.30. The summed E-state index contributed by atoms with van der Waals surface area (Å²) in [6.07, 6.45) is 1.40. The van der Waals surface area contributed by atoms with Crippen LogP contribution in [0.25, 0.3) is 0 Å². The van der Waals surface area contributed by atoms with Crippen LogP contribution in [0.1, 0.15) is 28.4 Å². The molecule has 0 fully saturated rings. The minimum atomic E-state index is -0.145. The number of aryl methyl sites for hydroxylation is 1. The highest BCUT2D eigenvalue weighted by Crippen LogP contribution is 2.21. The number of carbonyl (C=O) groups is 1. The van der Waals surface area contributed by atoms with E-state index in [1.165, 1.54) is 17.8 Å². The molecule has 0 bridgehead atoms. The molecular weight excluding hydrogens is 307 g/mol. The van der Waals surface area contributed by atoms with Gasteiger partial charge in [0.15, 0.2) is 0 Å². The second-order valence-corrected chi connectivity index (χ2v) is 5.59. The Morgan fingerprint density at radius 2 is 2.05 bits per heavy atom.